The molecular weight excluding hydrogens is 314 g/mol. The van der Waals surface area contributed by atoms with Crippen molar-refractivity contribution in [3.8, 4) is 5.75 Å². The minimum atomic E-state index is 0.0743. The maximum Gasteiger partial charge on any atom is 0.239 e. The minimum Gasteiger partial charge on any atom is -0.508 e. The van der Waals surface area contributed by atoms with Crippen LogP contribution >= 0.6 is 0 Å². The molecule has 5 nitrogen and oxygen atoms in total. The molecule has 1 aliphatic rings. The average molecular weight is 339 g/mol. The Bertz CT molecular complexity index is 756. The van der Waals surface area contributed by atoms with Gasteiger partial charge < -0.3 is 20.6 Å². The van der Waals surface area contributed by atoms with Gasteiger partial charge in [0.2, 0.25) is 5.91 Å². The third kappa shape index (κ3) is 4.31. The number of benzene rings is 2. The van der Waals surface area contributed by atoms with E-state index in [1.165, 1.54) is 11.1 Å². The monoisotopic (exact) mass is 339 g/mol. The maximum absolute atomic E-state index is 11.5. The van der Waals surface area contributed by atoms with E-state index in [-0.39, 0.29) is 5.91 Å². The van der Waals surface area contributed by atoms with Gasteiger partial charge in [0.15, 0.2) is 0 Å². The molecule has 0 atom stereocenters. The molecule has 0 saturated carbocycles. The first-order chi connectivity index (χ1) is 12.0. The van der Waals surface area contributed by atoms with Crippen LogP contribution in [0.5, 0.6) is 5.75 Å². The van der Waals surface area contributed by atoms with E-state index >= 15 is 0 Å². The van der Waals surface area contributed by atoms with Crippen LogP contribution in [0.3, 0.4) is 0 Å². The summed E-state index contributed by atoms with van der Waals surface area (Å²) in [5, 5.41) is 16.2. The van der Waals surface area contributed by atoms with Gasteiger partial charge in [0.25, 0.3) is 0 Å². The van der Waals surface area contributed by atoms with E-state index in [2.05, 4.69) is 46.7 Å². The first-order valence-corrected chi connectivity index (χ1v) is 8.63. The topological polar surface area (TPSA) is 64.6 Å². The van der Waals surface area contributed by atoms with Crippen LogP contribution in [-0.4, -0.2) is 30.6 Å². The summed E-state index contributed by atoms with van der Waals surface area (Å²) in [5.41, 5.74) is 5.45. The Hall–Kier alpha value is -2.53. The van der Waals surface area contributed by atoms with E-state index in [9.17, 15) is 9.90 Å². The minimum absolute atomic E-state index is 0.0743. The van der Waals surface area contributed by atoms with Crippen LogP contribution in [0.25, 0.3) is 0 Å². The smallest absolute Gasteiger partial charge is 0.239 e. The molecule has 1 aliphatic heterocycles. The highest BCUT2D eigenvalue weighted by Crippen LogP contribution is 2.22. The highest BCUT2D eigenvalue weighted by Gasteiger charge is 2.16. The molecule has 0 aliphatic carbocycles. The van der Waals surface area contributed by atoms with Gasteiger partial charge in [-0.3, -0.25) is 4.79 Å². The van der Waals surface area contributed by atoms with Gasteiger partial charge in [-0.2, -0.15) is 0 Å². The van der Waals surface area contributed by atoms with E-state index in [1.54, 1.807) is 0 Å². The van der Waals surface area contributed by atoms with Crippen molar-refractivity contribution in [1.82, 2.24) is 10.6 Å². The Morgan fingerprint density at radius 1 is 1.12 bits per heavy atom. The van der Waals surface area contributed by atoms with Crippen LogP contribution in [0.1, 0.15) is 22.3 Å². The number of carbonyl (C=O) groups is 1. The zero-order valence-corrected chi connectivity index (χ0v) is 14.8. The van der Waals surface area contributed by atoms with Crippen LogP contribution < -0.4 is 15.5 Å². The second-order valence-electron chi connectivity index (χ2n) is 6.61. The SMILES string of the molecule is Cc1cc(O)c(CNCc2ccc(N3CCNC(=O)C3)cc2)cc1C. The van der Waals surface area contributed by atoms with E-state index in [0.29, 0.717) is 25.4 Å². The Labute approximate surface area is 148 Å². The number of phenols is 1. The van der Waals surface area contributed by atoms with Crippen molar-refractivity contribution in [2.75, 3.05) is 24.5 Å². The Balaban J connectivity index is 1.55. The molecule has 132 valence electrons. The predicted molar refractivity (Wildman–Crippen MR) is 99.8 cm³/mol. The highest BCUT2D eigenvalue weighted by atomic mass is 16.3. The first kappa shape index (κ1) is 17.3. The van der Waals surface area contributed by atoms with Gasteiger partial charge in [-0.1, -0.05) is 18.2 Å². The lowest BCUT2D eigenvalue weighted by Gasteiger charge is -2.28. The van der Waals surface area contributed by atoms with Crippen molar-refractivity contribution in [2.24, 2.45) is 0 Å². The van der Waals surface area contributed by atoms with Crippen molar-refractivity contribution < 1.29 is 9.90 Å². The molecule has 2 aromatic rings. The van der Waals surface area contributed by atoms with Gasteiger partial charge in [0, 0.05) is 37.4 Å². The zero-order valence-electron chi connectivity index (χ0n) is 14.8. The van der Waals surface area contributed by atoms with Crippen molar-refractivity contribution in [3.05, 3.63) is 58.7 Å². The number of aromatic hydroxyl groups is 1. The lowest BCUT2D eigenvalue weighted by Crippen LogP contribution is -2.47. The number of amides is 1. The number of rotatable bonds is 5. The molecule has 0 spiro atoms. The standard InChI is InChI=1S/C20H25N3O2/c1-14-9-17(19(24)10-15(14)2)12-21-11-16-3-5-18(6-4-16)23-8-7-22-20(25)13-23/h3-6,9-10,21,24H,7-8,11-13H2,1-2H3,(H,22,25). The number of phenolic OH excluding ortho intramolecular Hbond substituents is 1. The molecule has 0 unspecified atom stereocenters. The molecule has 0 aromatic heterocycles. The molecule has 0 radical (unpaired) electrons. The van der Waals surface area contributed by atoms with Crippen LogP contribution in [0, 0.1) is 13.8 Å². The largest absolute Gasteiger partial charge is 0.508 e. The summed E-state index contributed by atoms with van der Waals surface area (Å²) in [6.07, 6.45) is 0. The van der Waals surface area contributed by atoms with Gasteiger partial charge in [-0.15, -0.1) is 0 Å². The van der Waals surface area contributed by atoms with Gasteiger partial charge in [-0.05, 0) is 48.7 Å². The molecular formula is C20H25N3O2. The second-order valence-corrected chi connectivity index (χ2v) is 6.61. The maximum atomic E-state index is 11.5. The van der Waals surface area contributed by atoms with Crippen molar-refractivity contribution >= 4 is 11.6 Å². The van der Waals surface area contributed by atoms with E-state index < -0.39 is 0 Å². The fourth-order valence-corrected chi connectivity index (χ4v) is 3.03. The van der Waals surface area contributed by atoms with Crippen molar-refractivity contribution in [3.63, 3.8) is 0 Å². The van der Waals surface area contributed by atoms with E-state index in [0.717, 1.165) is 29.9 Å². The van der Waals surface area contributed by atoms with Crippen LogP contribution in [-0.2, 0) is 17.9 Å². The number of hydrogen-bond acceptors (Lipinski definition) is 4. The predicted octanol–water partition coefficient (Wildman–Crippen LogP) is 2.24. The zero-order chi connectivity index (χ0) is 17.8. The second kappa shape index (κ2) is 7.57. The molecule has 25 heavy (non-hydrogen) atoms. The third-order valence-electron chi connectivity index (χ3n) is 4.68. The first-order valence-electron chi connectivity index (χ1n) is 8.63. The Kier molecular flexibility index (Phi) is 5.24. The third-order valence-corrected chi connectivity index (χ3v) is 4.68. The van der Waals surface area contributed by atoms with Crippen LogP contribution in [0.2, 0.25) is 0 Å². The van der Waals surface area contributed by atoms with E-state index in [1.807, 2.05) is 19.1 Å². The van der Waals surface area contributed by atoms with Crippen molar-refractivity contribution in [2.45, 2.75) is 26.9 Å². The summed E-state index contributed by atoms with van der Waals surface area (Å²) < 4.78 is 0. The fourth-order valence-electron chi connectivity index (χ4n) is 3.03. The lowest BCUT2D eigenvalue weighted by molar-refractivity contribution is -0.120. The number of carbonyl (C=O) groups excluding carboxylic acids is 1. The number of aryl methyl sites for hydroxylation is 2. The van der Waals surface area contributed by atoms with E-state index in [4.69, 9.17) is 0 Å². The number of hydrogen-bond donors (Lipinski definition) is 3. The Morgan fingerprint density at radius 3 is 2.56 bits per heavy atom. The summed E-state index contributed by atoms with van der Waals surface area (Å²) in [6.45, 7) is 7.37. The molecule has 1 heterocycles. The van der Waals surface area contributed by atoms with Crippen LogP contribution in [0.15, 0.2) is 36.4 Å². The summed E-state index contributed by atoms with van der Waals surface area (Å²) in [4.78, 5) is 13.6. The quantitative estimate of drug-likeness (QED) is 0.782. The molecule has 1 saturated heterocycles. The summed E-state index contributed by atoms with van der Waals surface area (Å²) in [5.74, 6) is 0.416. The number of piperazine rings is 1. The number of nitrogens with zero attached hydrogens (tertiary/aromatic N) is 1. The summed E-state index contributed by atoms with van der Waals surface area (Å²) in [7, 11) is 0. The summed E-state index contributed by atoms with van der Waals surface area (Å²) >= 11 is 0. The van der Waals surface area contributed by atoms with Crippen LogP contribution in [0.4, 0.5) is 5.69 Å². The molecule has 3 rings (SSSR count). The average Bonchev–Trinajstić information content (AvgIpc) is 2.60. The Morgan fingerprint density at radius 2 is 1.84 bits per heavy atom. The summed E-state index contributed by atoms with van der Waals surface area (Å²) in [6, 6.07) is 12.1. The highest BCUT2D eigenvalue weighted by molar-refractivity contribution is 5.82. The molecule has 0 bridgehead atoms. The molecule has 1 fully saturated rings. The molecule has 3 N–H and O–H groups in total. The van der Waals surface area contributed by atoms with Gasteiger partial charge in [0.1, 0.15) is 5.75 Å². The van der Waals surface area contributed by atoms with Gasteiger partial charge in [0.05, 0.1) is 6.54 Å². The number of nitrogens with one attached hydrogen (secondary N) is 2. The lowest BCUT2D eigenvalue weighted by atomic mass is 10.0. The normalized spacial score (nSPS) is 14.5. The molecule has 2 aromatic carbocycles. The fraction of sp³-hybridized carbons (Fsp3) is 0.350. The van der Waals surface area contributed by atoms with Crippen molar-refractivity contribution in [1.29, 1.82) is 0 Å². The molecule has 5 heteroatoms. The number of anilines is 1. The van der Waals surface area contributed by atoms with Gasteiger partial charge in [-0.25, -0.2) is 0 Å². The molecule has 1 amide bonds. The van der Waals surface area contributed by atoms with Gasteiger partial charge >= 0.3 is 0 Å².